The Morgan fingerprint density at radius 1 is 1.04 bits per heavy atom. The van der Waals surface area contributed by atoms with Gasteiger partial charge in [-0.1, -0.05) is 12.1 Å². The lowest BCUT2D eigenvalue weighted by Crippen LogP contribution is -2.42. The number of carbonyl (C=O) groups is 1. The monoisotopic (exact) mass is 502 g/mol. The number of nitrogens with one attached hydrogen (secondary N) is 3. The van der Waals surface area contributed by atoms with Crippen molar-refractivity contribution >= 4 is 36.0 Å². The van der Waals surface area contributed by atoms with Crippen molar-refractivity contribution < 1.29 is 22.7 Å². The van der Waals surface area contributed by atoms with Crippen LogP contribution in [0.1, 0.15) is 31.9 Å². The Labute approximate surface area is 174 Å². The molecule has 27 heavy (non-hydrogen) atoms. The van der Waals surface area contributed by atoms with Crippen LogP contribution in [0.2, 0.25) is 0 Å². The molecule has 1 aromatic rings. The number of carbonyl (C=O) groups excluding carboxylic acids is 1. The molecule has 0 saturated carbocycles. The fourth-order valence-corrected chi connectivity index (χ4v) is 1.88. The normalized spacial score (nSPS) is 12.0. The number of alkyl halides is 3. The second-order valence-corrected chi connectivity index (χ2v) is 6.48. The zero-order valence-electron chi connectivity index (χ0n) is 15.7. The van der Waals surface area contributed by atoms with Crippen LogP contribution >= 0.6 is 24.0 Å². The van der Waals surface area contributed by atoms with E-state index in [4.69, 9.17) is 4.74 Å². The summed E-state index contributed by atoms with van der Waals surface area (Å²) < 4.78 is 42.7. The number of hydrogen-bond acceptors (Lipinski definition) is 3. The minimum Gasteiger partial charge on any atom is -0.444 e. The average molecular weight is 502 g/mol. The molecule has 1 amide bonds. The zero-order valence-corrected chi connectivity index (χ0v) is 18.1. The molecule has 0 saturated heterocycles. The lowest BCUT2D eigenvalue weighted by Gasteiger charge is -2.20. The lowest BCUT2D eigenvalue weighted by atomic mass is 10.1. The van der Waals surface area contributed by atoms with E-state index < -0.39 is 23.4 Å². The molecular weight excluding hydrogens is 476 g/mol. The summed E-state index contributed by atoms with van der Waals surface area (Å²) in [6, 6.07) is 4.90. The maximum atomic E-state index is 12.5. The first-order valence-electron chi connectivity index (χ1n) is 8.09. The van der Waals surface area contributed by atoms with Crippen molar-refractivity contribution in [3.05, 3.63) is 35.4 Å². The van der Waals surface area contributed by atoms with E-state index in [0.717, 1.165) is 12.1 Å². The van der Waals surface area contributed by atoms with Crippen LogP contribution < -0.4 is 16.0 Å². The minimum absolute atomic E-state index is 0. The predicted molar refractivity (Wildman–Crippen MR) is 109 cm³/mol. The van der Waals surface area contributed by atoms with Crippen LogP contribution in [0.25, 0.3) is 0 Å². The van der Waals surface area contributed by atoms with Crippen LogP contribution in [-0.2, 0) is 17.5 Å². The van der Waals surface area contributed by atoms with Crippen LogP contribution in [0.15, 0.2) is 29.3 Å². The highest BCUT2D eigenvalue weighted by atomic mass is 127. The summed E-state index contributed by atoms with van der Waals surface area (Å²) >= 11 is 0. The van der Waals surface area contributed by atoms with Gasteiger partial charge in [0.2, 0.25) is 0 Å². The van der Waals surface area contributed by atoms with E-state index in [0.29, 0.717) is 31.2 Å². The van der Waals surface area contributed by atoms with Gasteiger partial charge >= 0.3 is 12.3 Å². The molecule has 154 valence electrons. The first kappa shape index (κ1) is 25.3. The molecule has 10 heteroatoms. The van der Waals surface area contributed by atoms with Gasteiger partial charge < -0.3 is 20.7 Å². The summed E-state index contributed by atoms with van der Waals surface area (Å²) in [5.74, 6) is 0.468. The van der Waals surface area contributed by atoms with Gasteiger partial charge in [-0.3, -0.25) is 4.99 Å². The average Bonchev–Trinajstić information content (AvgIpc) is 2.52. The highest BCUT2D eigenvalue weighted by Crippen LogP contribution is 2.28. The molecule has 1 aromatic carbocycles. The summed E-state index contributed by atoms with van der Waals surface area (Å²) in [5.41, 5.74) is -0.554. The number of halogens is 4. The number of rotatable bonds is 5. The number of aliphatic imine (C=N–C) groups is 1. The van der Waals surface area contributed by atoms with Crippen LogP contribution in [0.4, 0.5) is 18.0 Å². The third-order valence-corrected chi connectivity index (χ3v) is 3.05. The Bertz CT molecular complexity index is 614. The Morgan fingerprint density at radius 3 is 2.07 bits per heavy atom. The molecule has 0 aliphatic carbocycles. The fraction of sp³-hybridized carbons (Fsp3) is 0.529. The molecule has 0 radical (unpaired) electrons. The van der Waals surface area contributed by atoms with E-state index in [1.807, 2.05) is 0 Å². The highest BCUT2D eigenvalue weighted by Gasteiger charge is 2.29. The van der Waals surface area contributed by atoms with Gasteiger partial charge in [0.1, 0.15) is 5.60 Å². The van der Waals surface area contributed by atoms with Crippen LogP contribution in [0, 0.1) is 0 Å². The van der Waals surface area contributed by atoms with Gasteiger partial charge in [-0.15, -0.1) is 24.0 Å². The molecule has 0 aliphatic heterocycles. The summed E-state index contributed by atoms with van der Waals surface area (Å²) in [7, 11) is 1.57. The fourth-order valence-electron chi connectivity index (χ4n) is 1.88. The SMILES string of the molecule is CN=C(NCCNC(=O)OC(C)(C)C)NCc1ccc(C(F)(F)F)cc1.I. The number of alkyl carbamates (subject to hydrolysis) is 1. The standard InChI is InChI=1S/C17H25F3N4O2.HI/c1-16(2,3)26-15(25)23-10-9-22-14(21-4)24-11-12-5-7-13(8-6-12)17(18,19)20;/h5-8H,9-11H2,1-4H3,(H,23,25)(H2,21,22,24);1H. The van der Waals surface area contributed by atoms with Gasteiger partial charge in [0.25, 0.3) is 0 Å². The molecule has 0 heterocycles. The molecule has 0 unspecified atom stereocenters. The second kappa shape index (κ2) is 11.2. The number of nitrogens with zero attached hydrogens (tertiary/aromatic N) is 1. The number of amides is 1. The summed E-state index contributed by atoms with van der Waals surface area (Å²) in [6.45, 7) is 6.38. The molecule has 3 N–H and O–H groups in total. The Morgan fingerprint density at radius 2 is 1.59 bits per heavy atom. The van der Waals surface area contributed by atoms with E-state index >= 15 is 0 Å². The van der Waals surface area contributed by atoms with Gasteiger partial charge in [0, 0.05) is 26.7 Å². The second-order valence-electron chi connectivity index (χ2n) is 6.48. The first-order chi connectivity index (χ1) is 12.0. The molecule has 0 fully saturated rings. The van der Waals surface area contributed by atoms with Crippen LogP contribution in [-0.4, -0.2) is 37.8 Å². The lowest BCUT2D eigenvalue weighted by molar-refractivity contribution is -0.137. The molecule has 0 atom stereocenters. The van der Waals surface area contributed by atoms with Crippen molar-refractivity contribution in [2.24, 2.45) is 4.99 Å². The zero-order chi connectivity index (χ0) is 19.8. The van der Waals surface area contributed by atoms with Crippen molar-refractivity contribution in [3.8, 4) is 0 Å². The van der Waals surface area contributed by atoms with E-state index in [9.17, 15) is 18.0 Å². The third-order valence-electron chi connectivity index (χ3n) is 3.05. The van der Waals surface area contributed by atoms with Gasteiger partial charge in [0.15, 0.2) is 5.96 Å². The van der Waals surface area contributed by atoms with Gasteiger partial charge in [-0.05, 0) is 38.5 Å². The van der Waals surface area contributed by atoms with Crippen molar-refractivity contribution in [1.82, 2.24) is 16.0 Å². The number of ether oxygens (including phenoxy) is 1. The summed E-state index contributed by atoms with van der Waals surface area (Å²) in [5, 5.41) is 8.57. The maximum Gasteiger partial charge on any atom is 0.416 e. The van der Waals surface area contributed by atoms with Gasteiger partial charge in [-0.25, -0.2) is 4.79 Å². The van der Waals surface area contributed by atoms with Crippen molar-refractivity contribution in [2.75, 3.05) is 20.1 Å². The number of hydrogen-bond donors (Lipinski definition) is 3. The quantitative estimate of drug-likeness (QED) is 0.250. The summed E-state index contributed by atoms with van der Waals surface area (Å²) in [6.07, 6.45) is -4.85. The molecular formula is C17H26F3IN4O2. The predicted octanol–water partition coefficient (Wildman–Crippen LogP) is 3.51. The van der Waals surface area contributed by atoms with E-state index in [2.05, 4.69) is 20.9 Å². The highest BCUT2D eigenvalue weighted by molar-refractivity contribution is 14.0. The molecule has 0 spiro atoms. The van der Waals surface area contributed by atoms with Crippen molar-refractivity contribution in [3.63, 3.8) is 0 Å². The molecule has 0 aromatic heterocycles. The first-order valence-corrected chi connectivity index (χ1v) is 8.09. The topological polar surface area (TPSA) is 74.8 Å². The van der Waals surface area contributed by atoms with Gasteiger partial charge in [0.05, 0.1) is 5.56 Å². The van der Waals surface area contributed by atoms with E-state index in [-0.39, 0.29) is 24.0 Å². The molecule has 6 nitrogen and oxygen atoms in total. The van der Waals surface area contributed by atoms with E-state index in [1.165, 1.54) is 12.1 Å². The molecule has 0 bridgehead atoms. The Balaban J connectivity index is 0.00000676. The number of benzene rings is 1. The largest absolute Gasteiger partial charge is 0.444 e. The van der Waals surface area contributed by atoms with Crippen LogP contribution in [0.5, 0.6) is 0 Å². The van der Waals surface area contributed by atoms with Crippen molar-refractivity contribution in [2.45, 2.75) is 39.1 Å². The minimum atomic E-state index is -4.34. The van der Waals surface area contributed by atoms with Crippen molar-refractivity contribution in [1.29, 1.82) is 0 Å². The maximum absolute atomic E-state index is 12.5. The summed E-state index contributed by atoms with van der Waals surface area (Å²) in [4.78, 5) is 15.5. The van der Waals surface area contributed by atoms with Crippen LogP contribution in [0.3, 0.4) is 0 Å². The van der Waals surface area contributed by atoms with Gasteiger partial charge in [-0.2, -0.15) is 13.2 Å². The molecule has 1 rings (SSSR count). The Hall–Kier alpha value is -1.72. The third kappa shape index (κ3) is 10.9. The van der Waals surface area contributed by atoms with E-state index in [1.54, 1.807) is 27.8 Å². The molecule has 0 aliphatic rings. The smallest absolute Gasteiger partial charge is 0.416 e. The number of guanidine groups is 1. The Kier molecular flexibility index (Phi) is 10.5.